The lowest BCUT2D eigenvalue weighted by atomic mass is 9.46. The highest BCUT2D eigenvalue weighted by Gasteiger charge is 2.60. The van der Waals surface area contributed by atoms with Crippen molar-refractivity contribution in [3.8, 4) is 0 Å². The van der Waals surface area contributed by atoms with Crippen molar-refractivity contribution in [3.05, 3.63) is 11.6 Å². The molecule has 0 aliphatic heterocycles. The van der Waals surface area contributed by atoms with Gasteiger partial charge in [0.15, 0.2) is 0 Å². The zero-order valence-electron chi connectivity index (χ0n) is 20.0. The summed E-state index contributed by atoms with van der Waals surface area (Å²) in [5.41, 5.74) is 1.56. The molecule has 10 atom stereocenters. The molecule has 0 radical (unpaired) electrons. The molecule has 4 aliphatic rings. The van der Waals surface area contributed by atoms with Crippen LogP contribution in [-0.2, 0) is 4.79 Å². The quantitative estimate of drug-likeness (QED) is 0.621. The van der Waals surface area contributed by atoms with Crippen LogP contribution in [0.3, 0.4) is 0 Å². The molecule has 2 N–H and O–H groups in total. The van der Waals surface area contributed by atoms with Crippen molar-refractivity contribution in [2.45, 2.75) is 104 Å². The van der Waals surface area contributed by atoms with Crippen LogP contribution >= 0.6 is 0 Å². The molecule has 0 amide bonds. The van der Waals surface area contributed by atoms with Crippen LogP contribution in [0.1, 0.15) is 91.9 Å². The first-order chi connectivity index (χ1) is 14.6. The molecule has 4 heteroatoms. The molecule has 0 bridgehead atoms. The highest BCUT2D eigenvalue weighted by molar-refractivity contribution is 5.66. The molecule has 0 spiro atoms. The molecular weight excluding hydrogens is 388 g/mol. The number of carbonyl (C=O) groups is 1. The summed E-state index contributed by atoms with van der Waals surface area (Å²) in [5, 5.41) is 31.9. The van der Waals surface area contributed by atoms with Gasteiger partial charge in [-0.2, -0.15) is 0 Å². The summed E-state index contributed by atoms with van der Waals surface area (Å²) >= 11 is 0. The van der Waals surface area contributed by atoms with E-state index in [1.54, 1.807) is 6.92 Å². The molecule has 3 fully saturated rings. The summed E-state index contributed by atoms with van der Waals surface area (Å²) in [4.78, 5) is 11.0. The lowest BCUT2D eigenvalue weighted by molar-refractivity contribution is -0.311. The van der Waals surface area contributed by atoms with Gasteiger partial charge in [0.2, 0.25) is 0 Å². The first-order valence-corrected chi connectivity index (χ1v) is 12.9. The standard InChI is InChI=1S/C27H44O4/c1-16(6-5-7-17(2)25(30)31)19-10-11-20-18-8-9-22-24(29)23(28)13-15-27(22,4)21(18)12-14-26(19,20)3/h9,16-21,23-24,28-29H,5-8,10-15H2,1-4H3,(H,30,31)/p-1/t16-,17-,18+,19-,20+,21+,23+,24-,26-,27-/m1/s1. The van der Waals surface area contributed by atoms with E-state index in [0.717, 1.165) is 49.5 Å². The SMILES string of the molecule is C[C@H](CCC[C@@H](C)[C@H]1CC[C@H]2[C@@H]3CC=C4[C@@H](O)[C@@H](O)CC[C@]4(C)[C@H]3CC[C@]12C)C(=O)[O-]. The van der Waals surface area contributed by atoms with Crippen LogP contribution in [0, 0.1) is 46.3 Å². The number of aliphatic carboxylic acids is 1. The van der Waals surface area contributed by atoms with Crippen LogP contribution in [0.5, 0.6) is 0 Å². The van der Waals surface area contributed by atoms with Crippen LogP contribution in [-0.4, -0.2) is 28.4 Å². The Morgan fingerprint density at radius 1 is 1.10 bits per heavy atom. The Morgan fingerprint density at radius 2 is 1.84 bits per heavy atom. The normalized spacial score (nSPS) is 46.3. The predicted molar refractivity (Wildman–Crippen MR) is 120 cm³/mol. The summed E-state index contributed by atoms with van der Waals surface area (Å²) in [5.74, 6) is 2.18. The zero-order chi connectivity index (χ0) is 22.6. The Labute approximate surface area is 188 Å². The van der Waals surface area contributed by atoms with Crippen LogP contribution in [0.4, 0.5) is 0 Å². The number of aliphatic hydroxyl groups is 2. The molecule has 3 saturated carbocycles. The second kappa shape index (κ2) is 8.48. The Balaban J connectivity index is 1.46. The Hall–Kier alpha value is -0.870. The van der Waals surface area contributed by atoms with Crippen molar-refractivity contribution in [3.63, 3.8) is 0 Å². The van der Waals surface area contributed by atoms with Crippen molar-refractivity contribution in [1.29, 1.82) is 0 Å². The molecule has 4 nitrogen and oxygen atoms in total. The molecule has 176 valence electrons. The van der Waals surface area contributed by atoms with Gasteiger partial charge in [-0.15, -0.1) is 0 Å². The topological polar surface area (TPSA) is 80.6 Å². The van der Waals surface area contributed by atoms with Crippen LogP contribution in [0.25, 0.3) is 0 Å². The summed E-state index contributed by atoms with van der Waals surface area (Å²) in [6.45, 7) is 9.07. The highest BCUT2D eigenvalue weighted by Crippen LogP contribution is 2.67. The first-order valence-electron chi connectivity index (χ1n) is 12.9. The number of allylic oxidation sites excluding steroid dienone is 1. The average molecular weight is 432 g/mol. The maximum Gasteiger partial charge on any atom is 0.101 e. The number of carboxylic acid groups (broad SMARTS) is 1. The van der Waals surface area contributed by atoms with Gasteiger partial charge < -0.3 is 20.1 Å². The van der Waals surface area contributed by atoms with Crippen molar-refractivity contribution in [2.75, 3.05) is 0 Å². The fourth-order valence-corrected chi connectivity index (χ4v) is 8.76. The van der Waals surface area contributed by atoms with E-state index in [4.69, 9.17) is 0 Å². The zero-order valence-corrected chi connectivity index (χ0v) is 20.0. The van der Waals surface area contributed by atoms with Crippen LogP contribution in [0.2, 0.25) is 0 Å². The molecule has 0 heterocycles. The van der Waals surface area contributed by atoms with Gasteiger partial charge in [-0.1, -0.05) is 46.6 Å². The van der Waals surface area contributed by atoms with E-state index in [0.29, 0.717) is 29.6 Å². The summed E-state index contributed by atoms with van der Waals surface area (Å²) < 4.78 is 0. The minimum atomic E-state index is -0.919. The summed E-state index contributed by atoms with van der Waals surface area (Å²) in [6.07, 6.45) is 11.7. The molecule has 31 heavy (non-hydrogen) atoms. The second-order valence-electron chi connectivity index (χ2n) is 12.1. The monoisotopic (exact) mass is 431 g/mol. The molecule has 0 aromatic heterocycles. The lowest BCUT2D eigenvalue weighted by Gasteiger charge is -2.59. The Morgan fingerprint density at radius 3 is 2.55 bits per heavy atom. The number of carbonyl (C=O) groups excluding carboxylic acids is 1. The Kier molecular flexibility index (Phi) is 6.37. The highest BCUT2D eigenvalue weighted by atomic mass is 16.4. The number of hydrogen-bond acceptors (Lipinski definition) is 4. The number of aliphatic hydroxyl groups excluding tert-OH is 2. The smallest absolute Gasteiger partial charge is 0.101 e. The van der Waals surface area contributed by atoms with E-state index in [9.17, 15) is 20.1 Å². The minimum Gasteiger partial charge on any atom is -0.550 e. The minimum absolute atomic E-state index is 0.0492. The number of hydrogen-bond donors (Lipinski definition) is 2. The van der Waals surface area contributed by atoms with Crippen molar-refractivity contribution >= 4 is 5.97 Å². The van der Waals surface area contributed by atoms with Crippen LogP contribution in [0.15, 0.2) is 11.6 Å². The molecular formula is C27H43O4-. The lowest BCUT2D eigenvalue weighted by Crippen LogP contribution is -2.53. The third-order valence-corrected chi connectivity index (χ3v) is 10.6. The van der Waals surface area contributed by atoms with Gasteiger partial charge in [0, 0.05) is 5.97 Å². The van der Waals surface area contributed by atoms with E-state index in [1.807, 2.05) is 0 Å². The third kappa shape index (κ3) is 3.80. The first kappa shape index (κ1) is 23.3. The van der Waals surface area contributed by atoms with Gasteiger partial charge in [0.05, 0.1) is 6.10 Å². The van der Waals surface area contributed by atoms with E-state index in [1.165, 1.54) is 25.7 Å². The maximum atomic E-state index is 11.0. The molecule has 0 aromatic carbocycles. The Bertz CT molecular complexity index is 716. The van der Waals surface area contributed by atoms with Gasteiger partial charge in [-0.05, 0) is 103 Å². The average Bonchev–Trinajstić information content (AvgIpc) is 3.08. The molecule has 4 rings (SSSR count). The van der Waals surface area contributed by atoms with E-state index in [-0.39, 0.29) is 11.3 Å². The van der Waals surface area contributed by atoms with Gasteiger partial charge in [0.1, 0.15) is 6.10 Å². The fraction of sp³-hybridized carbons (Fsp3) is 0.889. The van der Waals surface area contributed by atoms with Crippen LogP contribution < -0.4 is 5.11 Å². The summed E-state index contributed by atoms with van der Waals surface area (Å²) in [6, 6.07) is 0. The third-order valence-electron chi connectivity index (χ3n) is 10.6. The summed E-state index contributed by atoms with van der Waals surface area (Å²) in [7, 11) is 0. The van der Waals surface area contributed by atoms with Gasteiger partial charge >= 0.3 is 0 Å². The molecule has 4 aliphatic carbocycles. The van der Waals surface area contributed by atoms with E-state index >= 15 is 0 Å². The van der Waals surface area contributed by atoms with Gasteiger partial charge in [-0.3, -0.25) is 0 Å². The second-order valence-corrected chi connectivity index (χ2v) is 12.1. The van der Waals surface area contributed by atoms with E-state index < -0.39 is 18.2 Å². The molecule has 0 aromatic rings. The van der Waals surface area contributed by atoms with Crippen molar-refractivity contribution < 1.29 is 20.1 Å². The predicted octanol–water partition coefficient (Wildman–Crippen LogP) is 4.09. The number of fused-ring (bicyclic) bond motifs is 5. The number of carboxylic acids is 1. The van der Waals surface area contributed by atoms with Gasteiger partial charge in [-0.25, -0.2) is 0 Å². The fourth-order valence-electron chi connectivity index (χ4n) is 8.76. The van der Waals surface area contributed by atoms with Gasteiger partial charge in [0.25, 0.3) is 0 Å². The van der Waals surface area contributed by atoms with Crippen molar-refractivity contribution in [2.24, 2.45) is 46.3 Å². The molecule has 0 unspecified atom stereocenters. The maximum absolute atomic E-state index is 11.0. The van der Waals surface area contributed by atoms with Crippen molar-refractivity contribution in [1.82, 2.24) is 0 Å². The molecule has 0 saturated heterocycles. The van der Waals surface area contributed by atoms with E-state index in [2.05, 4.69) is 26.8 Å². The number of rotatable bonds is 6. The largest absolute Gasteiger partial charge is 0.550 e.